The molecule has 25 heavy (non-hydrogen) atoms. The fraction of sp³-hybridized carbons (Fsp3) is 0.450. The number of hydrogen-bond donors (Lipinski definition) is 0. The van der Waals surface area contributed by atoms with Crippen LogP contribution in [0.4, 0.5) is 0 Å². The van der Waals surface area contributed by atoms with E-state index < -0.39 is 5.97 Å². The van der Waals surface area contributed by atoms with Gasteiger partial charge >= 0.3 is 5.97 Å². The van der Waals surface area contributed by atoms with E-state index in [2.05, 4.69) is 4.98 Å². The lowest BCUT2D eigenvalue weighted by molar-refractivity contribution is -0.134. The first-order chi connectivity index (χ1) is 12.0. The second-order valence-electron chi connectivity index (χ2n) is 6.69. The van der Waals surface area contributed by atoms with Gasteiger partial charge < -0.3 is 9.64 Å². The van der Waals surface area contributed by atoms with Crippen LogP contribution in [0.5, 0.6) is 0 Å². The fourth-order valence-corrected chi connectivity index (χ4v) is 3.22. The van der Waals surface area contributed by atoms with Crippen molar-refractivity contribution in [3.8, 4) is 0 Å². The third-order valence-electron chi connectivity index (χ3n) is 4.67. The van der Waals surface area contributed by atoms with E-state index in [-0.39, 0.29) is 12.5 Å². The number of carbonyl (C=O) groups is 2. The third-order valence-corrected chi connectivity index (χ3v) is 4.67. The molecule has 1 fully saturated rings. The summed E-state index contributed by atoms with van der Waals surface area (Å²) in [7, 11) is 0. The minimum absolute atomic E-state index is 0.113. The molecule has 5 heteroatoms. The lowest BCUT2D eigenvalue weighted by atomic mass is 10.1. The monoisotopic (exact) mass is 340 g/mol. The van der Waals surface area contributed by atoms with Crippen LogP contribution in [0, 0.1) is 13.8 Å². The lowest BCUT2D eigenvalue weighted by Crippen LogP contribution is -2.35. The number of ether oxygens (including phenoxy) is 1. The summed E-state index contributed by atoms with van der Waals surface area (Å²) in [4.78, 5) is 30.9. The third kappa shape index (κ3) is 4.16. The molecule has 0 spiro atoms. The largest absolute Gasteiger partial charge is 0.452 e. The zero-order chi connectivity index (χ0) is 17.8. The Morgan fingerprint density at radius 2 is 1.80 bits per heavy atom. The number of nitrogens with zero attached hydrogens (tertiary/aromatic N) is 2. The number of benzene rings is 1. The summed E-state index contributed by atoms with van der Waals surface area (Å²) in [5.74, 6) is -0.603. The molecule has 3 rings (SSSR count). The number of esters is 1. The lowest BCUT2D eigenvalue weighted by Gasteiger charge is -2.20. The number of aromatic nitrogens is 1. The quantitative estimate of drug-likeness (QED) is 0.804. The minimum Gasteiger partial charge on any atom is -0.452 e. The highest BCUT2D eigenvalue weighted by Gasteiger charge is 2.19. The molecule has 2 heterocycles. The van der Waals surface area contributed by atoms with Gasteiger partial charge in [-0.3, -0.25) is 9.78 Å². The van der Waals surface area contributed by atoms with Crippen molar-refractivity contribution < 1.29 is 14.3 Å². The Hall–Kier alpha value is -2.43. The van der Waals surface area contributed by atoms with Crippen molar-refractivity contribution in [2.45, 2.75) is 39.5 Å². The van der Waals surface area contributed by atoms with Crippen molar-refractivity contribution in [1.29, 1.82) is 0 Å². The first-order valence-corrected chi connectivity index (χ1v) is 8.87. The molecule has 0 radical (unpaired) electrons. The van der Waals surface area contributed by atoms with Crippen LogP contribution in [0.25, 0.3) is 10.9 Å². The van der Waals surface area contributed by atoms with Crippen molar-refractivity contribution in [3.05, 3.63) is 41.1 Å². The van der Waals surface area contributed by atoms with Gasteiger partial charge in [-0.25, -0.2) is 4.79 Å². The maximum atomic E-state index is 12.4. The minimum atomic E-state index is -0.489. The maximum Gasteiger partial charge on any atom is 0.340 e. The number of likely N-dealkylation sites (tertiary alicyclic amines) is 1. The van der Waals surface area contributed by atoms with Gasteiger partial charge in [-0.1, -0.05) is 24.5 Å². The molecule has 1 amide bonds. The van der Waals surface area contributed by atoms with Crippen LogP contribution in [-0.4, -0.2) is 41.5 Å². The van der Waals surface area contributed by atoms with Crippen molar-refractivity contribution in [3.63, 3.8) is 0 Å². The summed E-state index contributed by atoms with van der Waals surface area (Å²) in [6, 6.07) is 7.71. The van der Waals surface area contributed by atoms with Crippen molar-refractivity contribution in [2.75, 3.05) is 19.7 Å². The average Bonchev–Trinajstić information content (AvgIpc) is 2.88. The molecule has 5 nitrogen and oxygen atoms in total. The maximum absolute atomic E-state index is 12.4. The summed E-state index contributed by atoms with van der Waals surface area (Å²) in [6.45, 7) is 5.09. The molecule has 1 saturated heterocycles. The van der Waals surface area contributed by atoms with Gasteiger partial charge in [-0.2, -0.15) is 0 Å². The van der Waals surface area contributed by atoms with Crippen LogP contribution >= 0.6 is 0 Å². The normalized spacial score (nSPS) is 15.0. The summed E-state index contributed by atoms with van der Waals surface area (Å²) >= 11 is 0. The van der Waals surface area contributed by atoms with E-state index in [4.69, 9.17) is 4.74 Å². The molecule has 2 aromatic rings. The molecule has 0 N–H and O–H groups in total. The van der Waals surface area contributed by atoms with Gasteiger partial charge in [-0.15, -0.1) is 0 Å². The molecule has 0 saturated carbocycles. The van der Waals surface area contributed by atoms with Gasteiger partial charge in [0, 0.05) is 18.5 Å². The second kappa shape index (κ2) is 7.64. The number of carbonyl (C=O) groups excluding carboxylic acids is 2. The summed E-state index contributed by atoms with van der Waals surface area (Å²) < 4.78 is 5.27. The fourth-order valence-electron chi connectivity index (χ4n) is 3.22. The Balaban J connectivity index is 1.69. The molecular formula is C20H24N2O3. The number of amides is 1. The van der Waals surface area contributed by atoms with Crippen LogP contribution in [0.2, 0.25) is 0 Å². The SMILES string of the molecule is Cc1ccc2nc(C)c(C(=O)OCC(=O)N3CCCCCC3)cc2c1. The van der Waals surface area contributed by atoms with Gasteiger partial charge in [0.1, 0.15) is 0 Å². The predicted molar refractivity (Wildman–Crippen MR) is 96.5 cm³/mol. The van der Waals surface area contributed by atoms with E-state index in [0.29, 0.717) is 11.3 Å². The van der Waals surface area contributed by atoms with Gasteiger partial charge in [0.15, 0.2) is 6.61 Å². The molecule has 1 aliphatic heterocycles. The average molecular weight is 340 g/mol. The number of rotatable bonds is 3. The van der Waals surface area contributed by atoms with E-state index in [9.17, 15) is 9.59 Å². The van der Waals surface area contributed by atoms with Crippen molar-refractivity contribution in [1.82, 2.24) is 9.88 Å². The van der Waals surface area contributed by atoms with Crippen LogP contribution in [0.3, 0.4) is 0 Å². The number of aryl methyl sites for hydroxylation is 2. The van der Waals surface area contributed by atoms with E-state index >= 15 is 0 Å². The van der Waals surface area contributed by atoms with Gasteiger partial charge in [-0.05, 0) is 44.9 Å². The Labute approximate surface area is 148 Å². The second-order valence-corrected chi connectivity index (χ2v) is 6.69. The van der Waals surface area contributed by atoms with Gasteiger partial charge in [0.05, 0.1) is 16.8 Å². The van der Waals surface area contributed by atoms with Gasteiger partial charge in [0.25, 0.3) is 5.91 Å². The first kappa shape index (κ1) is 17.4. The van der Waals surface area contributed by atoms with Crippen molar-refractivity contribution in [2.24, 2.45) is 0 Å². The van der Waals surface area contributed by atoms with Crippen LogP contribution in [-0.2, 0) is 9.53 Å². The smallest absolute Gasteiger partial charge is 0.340 e. The highest BCUT2D eigenvalue weighted by Crippen LogP contribution is 2.19. The molecule has 0 aliphatic carbocycles. The van der Waals surface area contributed by atoms with E-state index in [1.807, 2.05) is 25.1 Å². The van der Waals surface area contributed by atoms with Gasteiger partial charge in [0.2, 0.25) is 0 Å². The summed E-state index contributed by atoms with van der Waals surface area (Å²) in [5.41, 5.74) is 2.99. The first-order valence-electron chi connectivity index (χ1n) is 8.87. The van der Waals surface area contributed by atoms with Crippen molar-refractivity contribution >= 4 is 22.8 Å². The molecule has 1 aliphatic rings. The Kier molecular flexibility index (Phi) is 5.31. The molecule has 0 unspecified atom stereocenters. The zero-order valence-corrected chi connectivity index (χ0v) is 14.9. The Morgan fingerprint density at radius 1 is 1.08 bits per heavy atom. The van der Waals surface area contributed by atoms with E-state index in [0.717, 1.165) is 55.2 Å². The molecule has 1 aromatic heterocycles. The molecular weight excluding hydrogens is 316 g/mol. The standard InChI is InChI=1S/C20H24N2O3/c1-14-7-8-18-16(11-14)12-17(15(2)21-18)20(24)25-13-19(23)22-9-5-3-4-6-10-22/h7-8,11-12H,3-6,9-10,13H2,1-2H3. The summed E-state index contributed by atoms with van der Waals surface area (Å²) in [6.07, 6.45) is 4.36. The van der Waals surface area contributed by atoms with Crippen LogP contribution in [0.1, 0.15) is 47.3 Å². The van der Waals surface area contributed by atoms with E-state index in [1.54, 1.807) is 17.9 Å². The van der Waals surface area contributed by atoms with Crippen LogP contribution < -0.4 is 0 Å². The molecule has 1 aromatic carbocycles. The molecule has 0 atom stereocenters. The zero-order valence-electron chi connectivity index (χ0n) is 14.9. The predicted octanol–water partition coefficient (Wildman–Crippen LogP) is 3.41. The Morgan fingerprint density at radius 3 is 2.52 bits per heavy atom. The Bertz CT molecular complexity index is 793. The summed E-state index contributed by atoms with van der Waals surface area (Å²) in [5, 5.41) is 0.899. The molecule has 132 valence electrons. The molecule has 0 bridgehead atoms. The number of fused-ring (bicyclic) bond motifs is 1. The highest BCUT2D eigenvalue weighted by molar-refractivity contribution is 5.96. The topological polar surface area (TPSA) is 59.5 Å². The number of hydrogen-bond acceptors (Lipinski definition) is 4. The van der Waals surface area contributed by atoms with E-state index in [1.165, 1.54) is 0 Å². The highest BCUT2D eigenvalue weighted by atomic mass is 16.5. The van der Waals surface area contributed by atoms with Crippen LogP contribution in [0.15, 0.2) is 24.3 Å². The number of pyridine rings is 1.